The summed E-state index contributed by atoms with van der Waals surface area (Å²) in [5.74, 6) is -2.71. The van der Waals surface area contributed by atoms with Crippen LogP contribution in [0.15, 0.2) is 36.7 Å². The normalized spacial score (nSPS) is 18.4. The molecule has 4 nitrogen and oxygen atoms in total. The summed E-state index contributed by atoms with van der Waals surface area (Å²) < 4.78 is 50.9. The number of piperidine rings is 1. The van der Waals surface area contributed by atoms with E-state index in [0.29, 0.717) is 24.9 Å². The van der Waals surface area contributed by atoms with Gasteiger partial charge in [-0.2, -0.15) is 13.2 Å². The fraction of sp³-hybridized carbons (Fsp3) is 0.375. The molecule has 2 rings (SSSR count). The molecule has 1 heterocycles. The van der Waals surface area contributed by atoms with Gasteiger partial charge in [-0.1, -0.05) is 18.7 Å². The molecule has 1 saturated heterocycles. The zero-order valence-electron chi connectivity index (χ0n) is 12.7. The third kappa shape index (κ3) is 4.33. The number of nitrogens with zero attached hydrogens (tertiary/aromatic N) is 1. The summed E-state index contributed by atoms with van der Waals surface area (Å²) in [6, 6.07) is 3.81. The topological polar surface area (TPSA) is 49.4 Å². The van der Waals surface area contributed by atoms with Crippen molar-refractivity contribution < 1.29 is 27.2 Å². The van der Waals surface area contributed by atoms with Crippen molar-refractivity contribution >= 4 is 11.8 Å². The van der Waals surface area contributed by atoms with Crippen molar-refractivity contribution in [2.45, 2.75) is 31.6 Å². The lowest BCUT2D eigenvalue weighted by atomic mass is 10.0. The highest BCUT2D eigenvalue weighted by atomic mass is 19.4. The van der Waals surface area contributed by atoms with Gasteiger partial charge in [0.1, 0.15) is 6.04 Å². The first-order valence-corrected chi connectivity index (χ1v) is 7.28. The van der Waals surface area contributed by atoms with Crippen LogP contribution in [0, 0.1) is 0 Å². The summed E-state index contributed by atoms with van der Waals surface area (Å²) >= 11 is 0. The molecule has 1 unspecified atom stereocenters. The van der Waals surface area contributed by atoms with E-state index in [4.69, 9.17) is 0 Å². The van der Waals surface area contributed by atoms with Crippen molar-refractivity contribution in [1.82, 2.24) is 10.2 Å². The smallest absolute Gasteiger partial charge is 0.338 e. The molecule has 8 heteroatoms. The van der Waals surface area contributed by atoms with E-state index >= 15 is 0 Å². The highest BCUT2D eigenvalue weighted by Gasteiger charge is 2.32. The molecule has 0 spiro atoms. The molecule has 1 aliphatic rings. The summed E-state index contributed by atoms with van der Waals surface area (Å²) in [6.07, 6.45) is -3.56. The van der Waals surface area contributed by atoms with Crippen molar-refractivity contribution in [3.05, 3.63) is 47.8 Å². The second-order valence-electron chi connectivity index (χ2n) is 5.53. The number of halogens is 4. The zero-order chi connectivity index (χ0) is 17.9. The maximum Gasteiger partial charge on any atom is 0.416 e. The van der Waals surface area contributed by atoms with Gasteiger partial charge in [0.25, 0.3) is 5.91 Å². The molecule has 0 bridgehead atoms. The molecule has 2 amide bonds. The maximum absolute atomic E-state index is 12.7. The Labute approximate surface area is 136 Å². The molecule has 0 radical (unpaired) electrons. The van der Waals surface area contributed by atoms with Crippen molar-refractivity contribution in [2.24, 2.45) is 0 Å². The summed E-state index contributed by atoms with van der Waals surface area (Å²) in [4.78, 5) is 25.0. The third-order valence-electron chi connectivity index (χ3n) is 3.71. The minimum absolute atomic E-state index is 0.00824. The monoisotopic (exact) mass is 344 g/mol. The predicted octanol–water partition coefficient (Wildman–Crippen LogP) is 2.80. The minimum Gasteiger partial charge on any atom is -0.338 e. The van der Waals surface area contributed by atoms with E-state index < -0.39 is 35.4 Å². The maximum atomic E-state index is 12.7. The van der Waals surface area contributed by atoms with Crippen LogP contribution in [0.1, 0.15) is 24.0 Å². The van der Waals surface area contributed by atoms with Gasteiger partial charge in [0, 0.05) is 13.1 Å². The van der Waals surface area contributed by atoms with E-state index in [1.165, 1.54) is 17.0 Å². The van der Waals surface area contributed by atoms with Crippen LogP contribution >= 0.6 is 0 Å². The molecule has 1 atom stereocenters. The zero-order valence-corrected chi connectivity index (χ0v) is 12.7. The number of hydrogen-bond donors (Lipinski definition) is 1. The average molecular weight is 344 g/mol. The first-order chi connectivity index (χ1) is 11.2. The standard InChI is InChI=1S/C16H16F4N2O2/c1-10(17)14(23)21-13-6-3-7-22(15(13)24)9-11-4-2-5-12(8-11)16(18,19)20/h2,4-5,8,13H,1,3,6-7,9H2,(H,21,23). The first-order valence-electron chi connectivity index (χ1n) is 7.28. The van der Waals surface area contributed by atoms with Crippen LogP contribution in [0.3, 0.4) is 0 Å². The number of nitrogens with one attached hydrogen (secondary N) is 1. The molecule has 1 N–H and O–H groups in total. The van der Waals surface area contributed by atoms with Gasteiger partial charge in [-0.25, -0.2) is 4.39 Å². The van der Waals surface area contributed by atoms with Gasteiger partial charge in [0.15, 0.2) is 5.83 Å². The number of carbonyl (C=O) groups excluding carboxylic acids is 2. The lowest BCUT2D eigenvalue weighted by Crippen LogP contribution is -2.51. The van der Waals surface area contributed by atoms with Gasteiger partial charge in [0.05, 0.1) is 5.56 Å². The van der Waals surface area contributed by atoms with Crippen molar-refractivity contribution in [3.8, 4) is 0 Å². The second kappa shape index (κ2) is 7.02. The fourth-order valence-electron chi connectivity index (χ4n) is 2.53. The van der Waals surface area contributed by atoms with Gasteiger partial charge in [0.2, 0.25) is 5.91 Å². The Hall–Kier alpha value is -2.38. The molecule has 0 aromatic heterocycles. The number of rotatable bonds is 4. The van der Waals surface area contributed by atoms with E-state index in [9.17, 15) is 27.2 Å². The lowest BCUT2D eigenvalue weighted by Gasteiger charge is -2.32. The van der Waals surface area contributed by atoms with Crippen molar-refractivity contribution in [2.75, 3.05) is 6.54 Å². The molecule has 1 fully saturated rings. The largest absolute Gasteiger partial charge is 0.416 e. The molecular formula is C16H16F4N2O2. The highest BCUT2D eigenvalue weighted by Crippen LogP contribution is 2.30. The van der Waals surface area contributed by atoms with E-state index in [-0.39, 0.29) is 6.54 Å². The quantitative estimate of drug-likeness (QED) is 0.674. The van der Waals surface area contributed by atoms with E-state index in [2.05, 4.69) is 11.9 Å². The van der Waals surface area contributed by atoms with E-state index in [0.717, 1.165) is 12.1 Å². The van der Waals surface area contributed by atoms with Gasteiger partial charge >= 0.3 is 6.18 Å². The van der Waals surface area contributed by atoms with Crippen LogP contribution in [-0.2, 0) is 22.3 Å². The van der Waals surface area contributed by atoms with E-state index in [1.54, 1.807) is 0 Å². The SMILES string of the molecule is C=C(F)C(=O)NC1CCCN(Cc2cccc(C(F)(F)F)c2)C1=O. The summed E-state index contributed by atoms with van der Waals surface area (Å²) in [6.45, 7) is 3.21. The Kier molecular flexibility index (Phi) is 5.26. The third-order valence-corrected chi connectivity index (χ3v) is 3.71. The summed E-state index contributed by atoms with van der Waals surface area (Å²) in [5, 5.41) is 2.23. The summed E-state index contributed by atoms with van der Waals surface area (Å²) in [5.41, 5.74) is -0.455. The molecule has 0 saturated carbocycles. The molecule has 130 valence electrons. The molecule has 24 heavy (non-hydrogen) atoms. The number of likely N-dealkylation sites (tertiary alicyclic amines) is 1. The summed E-state index contributed by atoms with van der Waals surface area (Å²) in [7, 11) is 0. The number of alkyl halides is 3. The number of hydrogen-bond acceptors (Lipinski definition) is 2. The molecule has 1 aromatic rings. The van der Waals surface area contributed by atoms with Gasteiger partial charge in [-0.15, -0.1) is 0 Å². The Bertz CT molecular complexity index is 658. The van der Waals surface area contributed by atoms with Crippen LogP contribution in [-0.4, -0.2) is 29.3 Å². The molecular weight excluding hydrogens is 328 g/mol. The Morgan fingerprint density at radius 2 is 2.08 bits per heavy atom. The fourth-order valence-corrected chi connectivity index (χ4v) is 2.53. The molecule has 0 aliphatic carbocycles. The first kappa shape index (κ1) is 18.0. The Morgan fingerprint density at radius 1 is 1.38 bits per heavy atom. The second-order valence-corrected chi connectivity index (χ2v) is 5.53. The number of benzene rings is 1. The average Bonchev–Trinajstić information content (AvgIpc) is 2.50. The van der Waals surface area contributed by atoms with Crippen LogP contribution in [0.2, 0.25) is 0 Å². The predicted molar refractivity (Wildman–Crippen MR) is 78.3 cm³/mol. The number of carbonyl (C=O) groups is 2. The number of amides is 2. The van der Waals surface area contributed by atoms with Gasteiger partial charge in [-0.05, 0) is 30.5 Å². The van der Waals surface area contributed by atoms with Gasteiger partial charge in [-0.3, -0.25) is 9.59 Å². The van der Waals surface area contributed by atoms with Crippen molar-refractivity contribution in [3.63, 3.8) is 0 Å². The Morgan fingerprint density at radius 3 is 2.71 bits per heavy atom. The minimum atomic E-state index is -4.46. The van der Waals surface area contributed by atoms with Gasteiger partial charge < -0.3 is 10.2 Å². The van der Waals surface area contributed by atoms with Crippen molar-refractivity contribution in [1.29, 1.82) is 0 Å². The highest BCUT2D eigenvalue weighted by molar-refractivity contribution is 5.95. The van der Waals surface area contributed by atoms with Crippen LogP contribution < -0.4 is 5.32 Å². The Balaban J connectivity index is 2.08. The lowest BCUT2D eigenvalue weighted by molar-refractivity contribution is -0.139. The molecule has 1 aliphatic heterocycles. The molecule has 1 aromatic carbocycles. The van der Waals surface area contributed by atoms with Crippen LogP contribution in [0.4, 0.5) is 17.6 Å². The van der Waals surface area contributed by atoms with Crippen LogP contribution in [0.25, 0.3) is 0 Å². The van der Waals surface area contributed by atoms with E-state index in [1.807, 2.05) is 0 Å². The van der Waals surface area contributed by atoms with Crippen LogP contribution in [0.5, 0.6) is 0 Å².